The van der Waals surface area contributed by atoms with Gasteiger partial charge in [0.05, 0.1) is 0 Å². The van der Waals surface area contributed by atoms with Crippen molar-refractivity contribution in [2.45, 2.75) is 6.42 Å². The molecule has 0 aliphatic rings. The molecule has 0 aromatic rings. The summed E-state index contributed by atoms with van der Waals surface area (Å²) in [6.45, 7) is 4.04. The second-order valence-corrected chi connectivity index (χ2v) is 1.77. The Morgan fingerprint density at radius 3 is 2.75 bits per heavy atom. The Labute approximate surface area is 55.1 Å². The first-order valence-corrected chi connectivity index (χ1v) is 3.11. The van der Waals surface area contributed by atoms with Crippen molar-refractivity contribution in [1.82, 2.24) is 5.32 Å². The number of nitrogens with one attached hydrogen (secondary N) is 1. The summed E-state index contributed by atoms with van der Waals surface area (Å²) in [5, 5.41) is 2.60. The Hall–Kier alpha value is -0.180. The molecule has 0 saturated carbocycles. The fraction of sp³-hybridized carbons (Fsp3) is 0.600. The summed E-state index contributed by atoms with van der Waals surface area (Å²) in [5.41, 5.74) is 0. The maximum Gasteiger partial charge on any atom is 0.220 e. The number of hydrogen-bond donors (Lipinski definition) is 2. The van der Waals surface area contributed by atoms with Crippen LogP contribution in [0.3, 0.4) is 0 Å². The van der Waals surface area contributed by atoms with Crippen LogP contribution in [0.25, 0.3) is 0 Å². The predicted octanol–water partition coefficient (Wildman–Crippen LogP) is 0.257. The van der Waals surface area contributed by atoms with E-state index in [1.54, 1.807) is 0 Å². The average Bonchev–Trinajstić information content (AvgIpc) is 1.83. The zero-order valence-electron chi connectivity index (χ0n) is 4.68. The molecular weight excluding hydrogens is 122 g/mol. The summed E-state index contributed by atoms with van der Waals surface area (Å²) >= 11 is 3.90. The van der Waals surface area contributed by atoms with Crippen molar-refractivity contribution < 1.29 is 4.79 Å². The van der Waals surface area contributed by atoms with E-state index in [1.807, 2.05) is 0 Å². The number of carbonyl (C=O) groups excluding carboxylic acids is 1. The number of thiol groups is 1. The first kappa shape index (κ1) is 7.82. The topological polar surface area (TPSA) is 29.1 Å². The molecule has 0 aliphatic heterocycles. The van der Waals surface area contributed by atoms with E-state index in [0.717, 1.165) is 0 Å². The lowest BCUT2D eigenvalue weighted by atomic mass is 10.4. The van der Waals surface area contributed by atoms with Crippen LogP contribution < -0.4 is 5.32 Å². The molecule has 0 heterocycles. The highest BCUT2D eigenvalue weighted by Gasteiger charge is 1.90. The van der Waals surface area contributed by atoms with Crippen LogP contribution in [0.2, 0.25) is 0 Å². The fourth-order valence-electron chi connectivity index (χ4n) is 0.284. The molecule has 0 rings (SSSR count). The molecule has 0 saturated heterocycles. The average molecular weight is 132 g/mol. The van der Waals surface area contributed by atoms with Crippen LogP contribution >= 0.6 is 12.6 Å². The molecule has 47 valence electrons. The van der Waals surface area contributed by atoms with E-state index >= 15 is 0 Å². The van der Waals surface area contributed by atoms with E-state index in [1.165, 1.54) is 0 Å². The van der Waals surface area contributed by atoms with Gasteiger partial charge in [-0.1, -0.05) is 0 Å². The highest BCUT2D eigenvalue weighted by Crippen LogP contribution is 1.74. The predicted molar refractivity (Wildman–Crippen MR) is 36.8 cm³/mol. The molecule has 2 nitrogen and oxygen atoms in total. The van der Waals surface area contributed by atoms with E-state index in [-0.39, 0.29) is 5.91 Å². The first-order chi connectivity index (χ1) is 3.81. The molecule has 0 spiro atoms. The van der Waals surface area contributed by atoms with Crippen LogP contribution in [0.1, 0.15) is 6.42 Å². The smallest absolute Gasteiger partial charge is 0.220 e. The second-order valence-electron chi connectivity index (χ2n) is 1.32. The molecule has 0 aliphatic carbocycles. The monoisotopic (exact) mass is 132 g/mol. The third-order valence-corrected chi connectivity index (χ3v) is 0.885. The van der Waals surface area contributed by atoms with Crippen LogP contribution in [0.4, 0.5) is 0 Å². The minimum Gasteiger partial charge on any atom is -0.355 e. The van der Waals surface area contributed by atoms with Crippen molar-refractivity contribution in [3.8, 4) is 0 Å². The lowest BCUT2D eigenvalue weighted by molar-refractivity contribution is -0.120. The van der Waals surface area contributed by atoms with Crippen LogP contribution in [-0.2, 0) is 4.79 Å². The van der Waals surface area contributed by atoms with E-state index in [2.05, 4.69) is 24.9 Å². The highest BCUT2D eigenvalue weighted by molar-refractivity contribution is 7.80. The molecule has 0 fully saturated rings. The fourth-order valence-corrected chi connectivity index (χ4v) is 0.396. The van der Waals surface area contributed by atoms with Gasteiger partial charge in [0.1, 0.15) is 0 Å². The van der Waals surface area contributed by atoms with Crippen LogP contribution in [0.15, 0.2) is 0 Å². The van der Waals surface area contributed by atoms with Gasteiger partial charge in [-0.15, -0.1) is 0 Å². The summed E-state index contributed by atoms with van der Waals surface area (Å²) < 4.78 is 0. The maximum absolute atomic E-state index is 10.4. The molecule has 0 bridgehead atoms. The van der Waals surface area contributed by atoms with Gasteiger partial charge < -0.3 is 5.32 Å². The summed E-state index contributed by atoms with van der Waals surface area (Å²) in [5.74, 6) is 0.671. The Morgan fingerprint density at radius 1 is 1.75 bits per heavy atom. The van der Waals surface area contributed by atoms with Crippen LogP contribution in [0.5, 0.6) is 0 Å². The standard InChI is InChI=1S/C5H10NOS/c1-2-5(7)6-3-4-8/h8H,1-4H2,(H,6,7). The van der Waals surface area contributed by atoms with Crippen molar-refractivity contribution in [2.24, 2.45) is 0 Å². The van der Waals surface area contributed by atoms with Gasteiger partial charge in [0.25, 0.3) is 0 Å². The molecule has 0 atom stereocenters. The Bertz CT molecular complexity index is 74.8. The SMILES string of the molecule is [CH2]CC(=O)NCCS. The van der Waals surface area contributed by atoms with Gasteiger partial charge in [-0.2, -0.15) is 12.6 Å². The summed E-state index contributed by atoms with van der Waals surface area (Å²) in [6.07, 6.45) is 0.313. The van der Waals surface area contributed by atoms with Gasteiger partial charge >= 0.3 is 0 Å². The Morgan fingerprint density at radius 2 is 2.38 bits per heavy atom. The second kappa shape index (κ2) is 4.97. The minimum atomic E-state index is -0.0148. The Kier molecular flexibility index (Phi) is 4.85. The summed E-state index contributed by atoms with van der Waals surface area (Å²) in [7, 11) is 0. The maximum atomic E-state index is 10.4. The van der Waals surface area contributed by atoms with Gasteiger partial charge in [0.2, 0.25) is 5.91 Å². The van der Waals surface area contributed by atoms with E-state index in [4.69, 9.17) is 0 Å². The number of hydrogen-bond acceptors (Lipinski definition) is 2. The van der Waals surface area contributed by atoms with Gasteiger partial charge in [-0.05, 0) is 6.92 Å². The number of amides is 1. The minimum absolute atomic E-state index is 0.0148. The lowest BCUT2D eigenvalue weighted by Crippen LogP contribution is -2.23. The van der Waals surface area contributed by atoms with Gasteiger partial charge in [0.15, 0.2) is 0 Å². The molecule has 8 heavy (non-hydrogen) atoms. The third-order valence-electron chi connectivity index (χ3n) is 0.661. The van der Waals surface area contributed by atoms with Crippen LogP contribution in [0, 0.1) is 6.92 Å². The normalized spacial score (nSPS) is 8.75. The molecular formula is C5H10NOS. The Balaban J connectivity index is 2.99. The zero-order valence-corrected chi connectivity index (χ0v) is 5.58. The van der Waals surface area contributed by atoms with E-state index in [9.17, 15) is 4.79 Å². The van der Waals surface area contributed by atoms with Gasteiger partial charge in [-0.25, -0.2) is 0 Å². The lowest BCUT2D eigenvalue weighted by Gasteiger charge is -1.96. The largest absolute Gasteiger partial charge is 0.355 e. The summed E-state index contributed by atoms with van der Waals surface area (Å²) in [4.78, 5) is 10.4. The van der Waals surface area contributed by atoms with Crippen molar-refractivity contribution in [2.75, 3.05) is 12.3 Å². The van der Waals surface area contributed by atoms with Crippen molar-refractivity contribution in [3.05, 3.63) is 6.92 Å². The molecule has 0 unspecified atom stereocenters. The molecule has 3 heteroatoms. The zero-order chi connectivity index (χ0) is 6.41. The highest BCUT2D eigenvalue weighted by atomic mass is 32.1. The van der Waals surface area contributed by atoms with Crippen LogP contribution in [-0.4, -0.2) is 18.2 Å². The molecule has 0 aromatic heterocycles. The number of carbonyl (C=O) groups is 1. The first-order valence-electron chi connectivity index (χ1n) is 2.48. The third kappa shape index (κ3) is 3.99. The quantitative estimate of drug-likeness (QED) is 0.530. The summed E-state index contributed by atoms with van der Waals surface area (Å²) in [6, 6.07) is 0. The van der Waals surface area contributed by atoms with E-state index in [0.29, 0.717) is 18.7 Å². The molecule has 1 N–H and O–H groups in total. The molecule has 0 aromatic carbocycles. The van der Waals surface area contributed by atoms with Crippen molar-refractivity contribution >= 4 is 18.5 Å². The van der Waals surface area contributed by atoms with Crippen molar-refractivity contribution in [3.63, 3.8) is 0 Å². The van der Waals surface area contributed by atoms with Crippen molar-refractivity contribution in [1.29, 1.82) is 0 Å². The van der Waals surface area contributed by atoms with E-state index < -0.39 is 0 Å². The van der Waals surface area contributed by atoms with Gasteiger partial charge in [-0.3, -0.25) is 4.79 Å². The molecule has 1 amide bonds. The number of rotatable bonds is 3. The van der Waals surface area contributed by atoms with Gasteiger partial charge in [0, 0.05) is 18.7 Å². The molecule has 1 radical (unpaired) electrons.